The summed E-state index contributed by atoms with van der Waals surface area (Å²) in [6.07, 6.45) is 1.12. The van der Waals surface area contributed by atoms with E-state index in [-0.39, 0.29) is 5.91 Å². The second kappa shape index (κ2) is 6.57. The van der Waals surface area contributed by atoms with Gasteiger partial charge in [0.25, 0.3) is 5.91 Å². The lowest BCUT2D eigenvalue weighted by atomic mass is 10.3. The van der Waals surface area contributed by atoms with Gasteiger partial charge in [-0.2, -0.15) is 0 Å². The minimum Gasteiger partial charge on any atom is -0.298 e. The molecule has 0 radical (unpaired) electrons. The summed E-state index contributed by atoms with van der Waals surface area (Å²) in [6, 6.07) is 0. The van der Waals surface area contributed by atoms with E-state index >= 15 is 0 Å². The molecule has 1 rings (SSSR count). The Morgan fingerprint density at radius 3 is 2.94 bits per heavy atom. The van der Waals surface area contributed by atoms with Crippen LogP contribution in [0.25, 0.3) is 0 Å². The van der Waals surface area contributed by atoms with E-state index in [1.807, 2.05) is 5.38 Å². The first-order valence-corrected chi connectivity index (χ1v) is 6.26. The Bertz CT molecular complexity index is 339. The maximum absolute atomic E-state index is 11.2. The molecule has 0 atom stereocenters. The summed E-state index contributed by atoms with van der Waals surface area (Å²) >= 11 is 1.32. The fourth-order valence-electron chi connectivity index (χ4n) is 1.44. The molecule has 3 N–H and O–H groups in total. The van der Waals surface area contributed by atoms with Crippen molar-refractivity contribution in [1.29, 1.82) is 0 Å². The van der Waals surface area contributed by atoms with E-state index in [4.69, 9.17) is 5.84 Å². The van der Waals surface area contributed by atoms with Crippen LogP contribution in [0, 0.1) is 0 Å². The van der Waals surface area contributed by atoms with Crippen LogP contribution in [0.3, 0.4) is 0 Å². The summed E-state index contributed by atoms with van der Waals surface area (Å²) < 4.78 is 0. The molecule has 1 aromatic rings. The number of carbonyl (C=O) groups excluding carboxylic acids is 1. The van der Waals surface area contributed by atoms with E-state index in [0.717, 1.165) is 31.7 Å². The largest absolute Gasteiger partial charge is 0.298 e. The fraction of sp³-hybridized carbons (Fsp3) is 0.600. The molecule has 0 bridgehead atoms. The van der Waals surface area contributed by atoms with E-state index < -0.39 is 0 Å². The van der Waals surface area contributed by atoms with Crippen molar-refractivity contribution < 1.29 is 4.79 Å². The van der Waals surface area contributed by atoms with Crippen molar-refractivity contribution >= 4 is 17.2 Å². The van der Waals surface area contributed by atoms with Crippen LogP contribution < -0.4 is 11.3 Å². The number of hydrogen-bond acceptors (Lipinski definition) is 5. The Hall–Kier alpha value is -0.980. The SMILES string of the molecule is CCCN(CC)Cc1csc(C(=O)NN)n1. The monoisotopic (exact) mass is 242 g/mol. The third-order valence-corrected chi connectivity index (χ3v) is 3.14. The first kappa shape index (κ1) is 13.1. The summed E-state index contributed by atoms with van der Waals surface area (Å²) in [5.41, 5.74) is 3.01. The van der Waals surface area contributed by atoms with Crippen LogP contribution in [0.1, 0.15) is 35.8 Å². The van der Waals surface area contributed by atoms with Gasteiger partial charge in [-0.05, 0) is 19.5 Å². The van der Waals surface area contributed by atoms with Crippen molar-refractivity contribution in [2.24, 2.45) is 5.84 Å². The van der Waals surface area contributed by atoms with Crippen molar-refractivity contribution in [3.8, 4) is 0 Å². The number of rotatable bonds is 6. The number of nitrogens with two attached hydrogens (primary N) is 1. The van der Waals surface area contributed by atoms with Gasteiger partial charge in [-0.15, -0.1) is 11.3 Å². The van der Waals surface area contributed by atoms with Gasteiger partial charge in [-0.25, -0.2) is 10.8 Å². The minimum atomic E-state index is -0.324. The lowest BCUT2D eigenvalue weighted by molar-refractivity contribution is 0.0953. The molecular weight excluding hydrogens is 224 g/mol. The summed E-state index contributed by atoms with van der Waals surface area (Å²) in [6.45, 7) is 7.10. The van der Waals surface area contributed by atoms with Gasteiger partial charge in [-0.3, -0.25) is 15.1 Å². The molecule has 0 unspecified atom stereocenters. The summed E-state index contributed by atoms with van der Waals surface area (Å²) in [5.74, 6) is 4.72. The average molecular weight is 242 g/mol. The molecule has 0 aliphatic rings. The molecule has 6 heteroatoms. The van der Waals surface area contributed by atoms with Crippen molar-refractivity contribution in [3.63, 3.8) is 0 Å². The number of amides is 1. The van der Waals surface area contributed by atoms with Crippen molar-refractivity contribution in [2.45, 2.75) is 26.8 Å². The number of hydrogen-bond donors (Lipinski definition) is 2. The van der Waals surface area contributed by atoms with Gasteiger partial charge in [0.05, 0.1) is 5.69 Å². The second-order valence-electron chi connectivity index (χ2n) is 3.49. The van der Waals surface area contributed by atoms with Crippen LogP contribution in [0.2, 0.25) is 0 Å². The zero-order valence-corrected chi connectivity index (χ0v) is 10.5. The molecule has 90 valence electrons. The molecule has 1 amide bonds. The zero-order valence-electron chi connectivity index (χ0n) is 9.69. The van der Waals surface area contributed by atoms with Crippen LogP contribution in [0.15, 0.2) is 5.38 Å². The first-order valence-electron chi connectivity index (χ1n) is 5.38. The smallest absolute Gasteiger partial charge is 0.294 e. The Morgan fingerprint density at radius 2 is 2.38 bits per heavy atom. The number of hydrazine groups is 1. The van der Waals surface area contributed by atoms with Gasteiger partial charge in [0.1, 0.15) is 0 Å². The number of thiazole rings is 1. The van der Waals surface area contributed by atoms with Crippen LogP contribution in [0.5, 0.6) is 0 Å². The fourth-order valence-corrected chi connectivity index (χ4v) is 2.15. The number of aromatic nitrogens is 1. The predicted molar refractivity (Wildman–Crippen MR) is 65.0 cm³/mol. The lowest BCUT2D eigenvalue weighted by Crippen LogP contribution is -2.30. The van der Waals surface area contributed by atoms with Gasteiger partial charge < -0.3 is 0 Å². The average Bonchev–Trinajstić information content (AvgIpc) is 2.76. The third-order valence-electron chi connectivity index (χ3n) is 2.25. The molecule has 16 heavy (non-hydrogen) atoms. The highest BCUT2D eigenvalue weighted by molar-refractivity contribution is 7.11. The maximum atomic E-state index is 11.2. The molecule has 0 fully saturated rings. The quantitative estimate of drug-likeness (QED) is 0.443. The Kier molecular flexibility index (Phi) is 5.37. The maximum Gasteiger partial charge on any atom is 0.294 e. The molecule has 0 saturated heterocycles. The zero-order chi connectivity index (χ0) is 12.0. The molecule has 0 saturated carbocycles. The summed E-state index contributed by atoms with van der Waals surface area (Å²) in [5, 5.41) is 2.33. The highest BCUT2D eigenvalue weighted by atomic mass is 32.1. The van der Waals surface area contributed by atoms with Crippen molar-refractivity contribution in [1.82, 2.24) is 15.3 Å². The van der Waals surface area contributed by atoms with Gasteiger partial charge in [0.15, 0.2) is 5.01 Å². The van der Waals surface area contributed by atoms with Gasteiger partial charge >= 0.3 is 0 Å². The van der Waals surface area contributed by atoms with Crippen LogP contribution in [-0.2, 0) is 6.54 Å². The van der Waals surface area contributed by atoms with Crippen molar-refractivity contribution in [2.75, 3.05) is 13.1 Å². The normalized spacial score (nSPS) is 10.8. The number of carbonyl (C=O) groups is 1. The molecule has 5 nitrogen and oxygen atoms in total. The number of nitrogens with zero attached hydrogens (tertiary/aromatic N) is 2. The third kappa shape index (κ3) is 3.55. The molecular formula is C10H18N4OS. The van der Waals surface area contributed by atoms with E-state index in [1.54, 1.807) is 0 Å². The molecule has 0 aromatic carbocycles. The Morgan fingerprint density at radius 1 is 1.62 bits per heavy atom. The number of nitrogens with one attached hydrogen (secondary N) is 1. The van der Waals surface area contributed by atoms with Gasteiger partial charge in [-0.1, -0.05) is 13.8 Å². The van der Waals surface area contributed by atoms with E-state index in [9.17, 15) is 4.79 Å². The van der Waals surface area contributed by atoms with Crippen molar-refractivity contribution in [3.05, 3.63) is 16.1 Å². The predicted octanol–water partition coefficient (Wildman–Crippen LogP) is 0.978. The van der Waals surface area contributed by atoms with Crippen LogP contribution >= 0.6 is 11.3 Å². The van der Waals surface area contributed by atoms with Crippen LogP contribution in [-0.4, -0.2) is 28.9 Å². The Balaban J connectivity index is 2.60. The van der Waals surface area contributed by atoms with Crippen LogP contribution in [0.4, 0.5) is 0 Å². The van der Waals surface area contributed by atoms with E-state index in [0.29, 0.717) is 5.01 Å². The molecule has 0 aliphatic carbocycles. The lowest BCUT2D eigenvalue weighted by Gasteiger charge is -2.17. The molecule has 1 heterocycles. The minimum absolute atomic E-state index is 0.324. The van der Waals surface area contributed by atoms with E-state index in [1.165, 1.54) is 11.3 Å². The second-order valence-corrected chi connectivity index (χ2v) is 4.34. The van der Waals surface area contributed by atoms with Gasteiger partial charge in [0.2, 0.25) is 0 Å². The topological polar surface area (TPSA) is 71.2 Å². The van der Waals surface area contributed by atoms with E-state index in [2.05, 4.69) is 29.2 Å². The van der Waals surface area contributed by atoms with Gasteiger partial charge in [0, 0.05) is 11.9 Å². The standard InChI is InChI=1S/C10H18N4OS/c1-3-5-14(4-2)6-8-7-16-10(12-8)9(15)13-11/h7H,3-6,11H2,1-2H3,(H,13,15). The summed E-state index contributed by atoms with van der Waals surface area (Å²) in [4.78, 5) is 17.7. The Labute approximate surface area is 99.6 Å². The summed E-state index contributed by atoms with van der Waals surface area (Å²) in [7, 11) is 0. The highest BCUT2D eigenvalue weighted by Gasteiger charge is 2.11. The number of nitrogen functional groups attached to an aromatic ring is 1. The highest BCUT2D eigenvalue weighted by Crippen LogP contribution is 2.11. The molecule has 1 aromatic heterocycles. The molecule has 0 aliphatic heterocycles. The molecule has 0 spiro atoms. The first-order chi connectivity index (χ1) is 7.71.